The van der Waals surface area contributed by atoms with Crippen LogP contribution in [0.15, 0.2) is 48.6 Å². The van der Waals surface area contributed by atoms with Crippen LogP contribution in [0.25, 0.3) is 0 Å². The van der Waals surface area contributed by atoms with Crippen molar-refractivity contribution in [2.45, 2.75) is 39.5 Å². The van der Waals surface area contributed by atoms with Crippen molar-refractivity contribution in [1.82, 2.24) is 0 Å². The van der Waals surface area contributed by atoms with Gasteiger partial charge in [-0.2, -0.15) is 0 Å². The van der Waals surface area contributed by atoms with E-state index in [9.17, 15) is 0 Å². The number of benzene rings is 1. The molecule has 1 aromatic carbocycles. The molecule has 0 unspecified atom stereocenters. The van der Waals surface area contributed by atoms with Gasteiger partial charge in [-0.1, -0.05) is 62.4 Å². The van der Waals surface area contributed by atoms with Crippen LogP contribution in [0.1, 0.15) is 37.0 Å². The third kappa shape index (κ3) is 2.72. The highest BCUT2D eigenvalue weighted by molar-refractivity contribution is 5.53. The normalized spacial score (nSPS) is 14.3. The van der Waals surface area contributed by atoms with E-state index in [-0.39, 0.29) is 5.41 Å². The van der Waals surface area contributed by atoms with Gasteiger partial charge in [-0.25, -0.2) is 0 Å². The van der Waals surface area contributed by atoms with E-state index < -0.39 is 0 Å². The summed E-state index contributed by atoms with van der Waals surface area (Å²) in [7, 11) is 0. The molecule has 20 heavy (non-hydrogen) atoms. The van der Waals surface area contributed by atoms with E-state index in [4.69, 9.17) is 4.74 Å². The highest BCUT2D eigenvalue weighted by Crippen LogP contribution is 2.41. The van der Waals surface area contributed by atoms with Crippen LogP contribution in [0.4, 0.5) is 0 Å². The quantitative estimate of drug-likeness (QED) is 0.680. The molecule has 2 rings (SSSR count). The Hall–Kier alpha value is -1.76. The van der Waals surface area contributed by atoms with Crippen molar-refractivity contribution in [1.29, 1.82) is 0 Å². The van der Waals surface area contributed by atoms with Crippen molar-refractivity contribution in [2.75, 3.05) is 6.61 Å². The summed E-state index contributed by atoms with van der Waals surface area (Å²) in [5.41, 5.74) is 5.05. The minimum absolute atomic E-state index is 0.0414. The van der Waals surface area contributed by atoms with Gasteiger partial charge in [0.2, 0.25) is 0 Å². The van der Waals surface area contributed by atoms with Crippen LogP contribution in [0, 0.1) is 13.8 Å². The number of hydrogen-bond acceptors (Lipinski definition) is 1. The second-order valence-electron chi connectivity index (χ2n) is 5.98. The van der Waals surface area contributed by atoms with E-state index in [2.05, 4.69) is 64.6 Å². The number of hydrogen-bond donors (Lipinski definition) is 0. The first kappa shape index (κ1) is 14.6. The second kappa shape index (κ2) is 5.70. The monoisotopic (exact) mass is 268 g/mol. The van der Waals surface area contributed by atoms with Crippen molar-refractivity contribution in [3.05, 3.63) is 65.3 Å². The summed E-state index contributed by atoms with van der Waals surface area (Å²) in [6, 6.07) is 4.43. The van der Waals surface area contributed by atoms with E-state index in [1.807, 2.05) is 0 Å². The largest absolute Gasteiger partial charge is 0.489 e. The average molecular weight is 268 g/mol. The lowest BCUT2D eigenvalue weighted by Crippen LogP contribution is -2.21. The molecule has 0 saturated carbocycles. The molecule has 0 heterocycles. The van der Waals surface area contributed by atoms with E-state index in [1.54, 1.807) is 6.08 Å². The first-order valence-corrected chi connectivity index (χ1v) is 7.19. The Labute approximate surface area is 122 Å². The van der Waals surface area contributed by atoms with Crippen LogP contribution >= 0.6 is 0 Å². The Morgan fingerprint density at radius 3 is 2.65 bits per heavy atom. The van der Waals surface area contributed by atoms with Gasteiger partial charge in [-0.15, -0.1) is 0 Å². The SMILES string of the molecule is C=CCOc1c(C)cc(C)cc1C(C)(C)C1=CCC=C1. The summed E-state index contributed by atoms with van der Waals surface area (Å²) in [4.78, 5) is 0. The third-order valence-corrected chi connectivity index (χ3v) is 3.93. The number of rotatable bonds is 5. The van der Waals surface area contributed by atoms with Gasteiger partial charge in [0, 0.05) is 11.0 Å². The Bertz CT molecular complexity index is 574. The molecule has 0 aromatic heterocycles. The lowest BCUT2D eigenvalue weighted by molar-refractivity contribution is 0.350. The molecule has 0 saturated heterocycles. The summed E-state index contributed by atoms with van der Waals surface area (Å²) in [5.74, 6) is 1.00. The molecule has 0 radical (unpaired) electrons. The maximum absolute atomic E-state index is 5.95. The predicted octanol–water partition coefficient (Wildman–Crippen LogP) is 5.03. The maximum Gasteiger partial charge on any atom is 0.126 e. The fourth-order valence-corrected chi connectivity index (χ4v) is 2.83. The van der Waals surface area contributed by atoms with Gasteiger partial charge < -0.3 is 4.74 Å². The van der Waals surface area contributed by atoms with Gasteiger partial charge in [-0.3, -0.25) is 0 Å². The van der Waals surface area contributed by atoms with Crippen LogP contribution in [-0.4, -0.2) is 6.61 Å². The maximum atomic E-state index is 5.95. The van der Waals surface area contributed by atoms with E-state index in [0.717, 1.165) is 12.2 Å². The first-order chi connectivity index (χ1) is 9.46. The van der Waals surface area contributed by atoms with Crippen LogP contribution in [0.5, 0.6) is 5.75 Å². The van der Waals surface area contributed by atoms with Crippen molar-refractivity contribution in [3.63, 3.8) is 0 Å². The zero-order chi connectivity index (χ0) is 14.8. The van der Waals surface area contributed by atoms with Gasteiger partial charge >= 0.3 is 0 Å². The van der Waals surface area contributed by atoms with E-state index in [0.29, 0.717) is 6.61 Å². The molecule has 1 aliphatic rings. The fraction of sp³-hybridized carbons (Fsp3) is 0.368. The fourth-order valence-electron chi connectivity index (χ4n) is 2.83. The lowest BCUT2D eigenvalue weighted by atomic mass is 9.76. The lowest BCUT2D eigenvalue weighted by Gasteiger charge is -2.30. The minimum atomic E-state index is -0.0414. The first-order valence-electron chi connectivity index (χ1n) is 7.19. The number of allylic oxidation sites excluding steroid dienone is 4. The molecular weight excluding hydrogens is 244 g/mol. The van der Waals surface area contributed by atoms with Crippen molar-refractivity contribution in [2.24, 2.45) is 0 Å². The van der Waals surface area contributed by atoms with Gasteiger partial charge in [0.1, 0.15) is 12.4 Å². The summed E-state index contributed by atoms with van der Waals surface area (Å²) in [6.45, 7) is 13.1. The molecule has 0 amide bonds. The van der Waals surface area contributed by atoms with Crippen LogP contribution < -0.4 is 4.74 Å². The van der Waals surface area contributed by atoms with Gasteiger partial charge in [0.05, 0.1) is 0 Å². The number of aryl methyl sites for hydroxylation is 2. The average Bonchev–Trinajstić information content (AvgIpc) is 2.91. The molecule has 1 aromatic rings. The Morgan fingerprint density at radius 2 is 2.05 bits per heavy atom. The van der Waals surface area contributed by atoms with E-state index in [1.165, 1.54) is 22.3 Å². The van der Waals surface area contributed by atoms with Crippen LogP contribution in [-0.2, 0) is 5.41 Å². The predicted molar refractivity (Wildman–Crippen MR) is 86.5 cm³/mol. The summed E-state index contributed by atoms with van der Waals surface area (Å²) < 4.78 is 5.95. The molecule has 1 aliphatic carbocycles. The van der Waals surface area contributed by atoms with Crippen molar-refractivity contribution in [3.8, 4) is 5.75 Å². The second-order valence-corrected chi connectivity index (χ2v) is 5.98. The summed E-state index contributed by atoms with van der Waals surface area (Å²) in [5, 5.41) is 0. The zero-order valence-electron chi connectivity index (χ0n) is 13.0. The molecule has 0 aliphatic heterocycles. The molecule has 0 N–H and O–H groups in total. The van der Waals surface area contributed by atoms with Gasteiger partial charge in [0.25, 0.3) is 0 Å². The highest BCUT2D eigenvalue weighted by atomic mass is 16.5. The summed E-state index contributed by atoms with van der Waals surface area (Å²) >= 11 is 0. The molecule has 1 heteroatoms. The molecule has 0 atom stereocenters. The van der Waals surface area contributed by atoms with Gasteiger partial charge in [0.15, 0.2) is 0 Å². The molecule has 0 fully saturated rings. The Morgan fingerprint density at radius 1 is 1.30 bits per heavy atom. The number of ether oxygens (including phenoxy) is 1. The van der Waals surface area contributed by atoms with E-state index >= 15 is 0 Å². The molecular formula is C19H24O. The molecule has 0 bridgehead atoms. The zero-order valence-corrected chi connectivity index (χ0v) is 13.0. The standard InChI is InChI=1S/C19H24O/c1-6-11-20-18-15(3)12-14(2)13-17(18)19(4,5)16-9-7-8-10-16/h6-7,9-10,12-13H,1,8,11H2,2-5H3. The van der Waals surface area contributed by atoms with Gasteiger partial charge in [-0.05, 0) is 31.4 Å². The summed E-state index contributed by atoms with van der Waals surface area (Å²) in [6.07, 6.45) is 9.57. The molecule has 1 nitrogen and oxygen atoms in total. The van der Waals surface area contributed by atoms with Crippen LogP contribution in [0.2, 0.25) is 0 Å². The Kier molecular flexibility index (Phi) is 4.17. The molecule has 106 valence electrons. The third-order valence-electron chi connectivity index (χ3n) is 3.93. The Balaban J connectivity index is 2.53. The highest BCUT2D eigenvalue weighted by Gasteiger charge is 2.29. The molecule has 0 spiro atoms. The van der Waals surface area contributed by atoms with Crippen molar-refractivity contribution < 1.29 is 4.74 Å². The van der Waals surface area contributed by atoms with Crippen molar-refractivity contribution >= 4 is 0 Å². The smallest absolute Gasteiger partial charge is 0.126 e. The minimum Gasteiger partial charge on any atom is -0.489 e. The topological polar surface area (TPSA) is 9.23 Å². The van der Waals surface area contributed by atoms with Crippen LogP contribution in [0.3, 0.4) is 0 Å².